The lowest BCUT2D eigenvalue weighted by Crippen LogP contribution is -2.17. The third kappa shape index (κ3) is 4.48. The maximum atomic E-state index is 12.4. The van der Waals surface area contributed by atoms with Crippen LogP contribution >= 0.6 is 0 Å². The van der Waals surface area contributed by atoms with E-state index in [-0.39, 0.29) is 16.8 Å². The van der Waals surface area contributed by atoms with Crippen molar-refractivity contribution in [2.75, 3.05) is 17.7 Å². The zero-order valence-corrected chi connectivity index (χ0v) is 14.8. The maximum absolute atomic E-state index is 12.4. The largest absolute Gasteiger partial charge is 0.465 e. The van der Waals surface area contributed by atoms with Gasteiger partial charge in [-0.05, 0) is 43.2 Å². The first-order chi connectivity index (χ1) is 12.5. The van der Waals surface area contributed by atoms with Crippen molar-refractivity contribution >= 4 is 23.3 Å². The number of benzene rings is 2. The monoisotopic (exact) mass is 349 g/mol. The molecular formula is C20H19N3O3. The van der Waals surface area contributed by atoms with Crippen LogP contribution in [0.15, 0.2) is 54.2 Å². The summed E-state index contributed by atoms with van der Waals surface area (Å²) in [5.74, 6) is -1.20. The summed E-state index contributed by atoms with van der Waals surface area (Å²) in [6, 6.07) is 14.1. The smallest absolute Gasteiger partial charge is 0.339 e. The molecule has 6 nitrogen and oxygen atoms in total. The van der Waals surface area contributed by atoms with Crippen molar-refractivity contribution in [3.05, 3.63) is 70.9 Å². The number of rotatable bonds is 5. The topological polar surface area (TPSA) is 91.2 Å². The lowest BCUT2D eigenvalue weighted by molar-refractivity contribution is -0.112. The van der Waals surface area contributed by atoms with Gasteiger partial charge in [0.05, 0.1) is 18.4 Å². The molecule has 2 aromatic carbocycles. The van der Waals surface area contributed by atoms with E-state index in [1.165, 1.54) is 19.4 Å². The molecule has 0 saturated heterocycles. The average Bonchev–Trinajstić information content (AvgIpc) is 2.64. The summed E-state index contributed by atoms with van der Waals surface area (Å²) < 4.78 is 4.69. The van der Waals surface area contributed by atoms with E-state index >= 15 is 0 Å². The molecule has 0 aliphatic heterocycles. The highest BCUT2D eigenvalue weighted by Crippen LogP contribution is 2.18. The molecule has 2 rings (SSSR count). The van der Waals surface area contributed by atoms with Crippen LogP contribution in [0.4, 0.5) is 11.4 Å². The molecule has 0 spiro atoms. The van der Waals surface area contributed by atoms with Gasteiger partial charge < -0.3 is 15.4 Å². The zero-order chi connectivity index (χ0) is 19.1. The van der Waals surface area contributed by atoms with Gasteiger partial charge in [-0.25, -0.2) is 4.79 Å². The number of carbonyl (C=O) groups excluding carboxylic acids is 2. The molecule has 0 unspecified atom stereocenters. The fourth-order valence-corrected chi connectivity index (χ4v) is 2.26. The Balaban J connectivity index is 2.21. The molecule has 0 aromatic heterocycles. The van der Waals surface area contributed by atoms with Crippen molar-refractivity contribution in [2.45, 2.75) is 13.8 Å². The van der Waals surface area contributed by atoms with Crippen LogP contribution in [-0.2, 0) is 9.53 Å². The number of para-hydroxylation sites is 1. The first-order valence-electron chi connectivity index (χ1n) is 7.89. The number of hydrogen-bond donors (Lipinski definition) is 2. The van der Waals surface area contributed by atoms with E-state index in [0.717, 1.165) is 16.8 Å². The number of hydrogen-bond acceptors (Lipinski definition) is 5. The van der Waals surface area contributed by atoms with E-state index in [0.29, 0.717) is 0 Å². The minimum absolute atomic E-state index is 0.120. The second-order valence-electron chi connectivity index (χ2n) is 5.62. The Labute approximate surface area is 152 Å². The Bertz CT molecular complexity index is 911. The summed E-state index contributed by atoms with van der Waals surface area (Å²) in [4.78, 5) is 24.2. The molecule has 0 atom stereocenters. The molecular weight excluding hydrogens is 330 g/mol. The third-order valence-electron chi connectivity index (χ3n) is 3.71. The lowest BCUT2D eigenvalue weighted by atomic mass is 10.1. The molecule has 0 saturated carbocycles. The van der Waals surface area contributed by atoms with Gasteiger partial charge in [-0.1, -0.05) is 24.3 Å². The Morgan fingerprint density at radius 3 is 2.54 bits per heavy atom. The predicted octanol–water partition coefficient (Wildman–Crippen LogP) is 3.55. The molecule has 0 aliphatic rings. The highest BCUT2D eigenvalue weighted by molar-refractivity contribution is 6.09. The van der Waals surface area contributed by atoms with E-state index in [1.54, 1.807) is 18.2 Å². The van der Waals surface area contributed by atoms with Crippen LogP contribution < -0.4 is 10.6 Å². The van der Waals surface area contributed by atoms with E-state index in [9.17, 15) is 14.9 Å². The second kappa shape index (κ2) is 8.49. The standard InChI is InChI=1S/C20H19N3O3/c1-13-8-9-14(2)18(10-13)22-12-15(11-21)19(24)23-17-7-5-4-6-16(17)20(25)26-3/h4-10,12,22H,1-3H3,(H,23,24)/b15-12-. The number of ether oxygens (including phenoxy) is 1. The summed E-state index contributed by atoms with van der Waals surface area (Å²) in [6.07, 6.45) is 1.35. The second-order valence-corrected chi connectivity index (χ2v) is 5.62. The molecule has 132 valence electrons. The fraction of sp³-hybridized carbons (Fsp3) is 0.150. The molecule has 0 aliphatic carbocycles. The summed E-state index contributed by atoms with van der Waals surface area (Å²) >= 11 is 0. The molecule has 26 heavy (non-hydrogen) atoms. The molecule has 1 amide bonds. The van der Waals surface area contributed by atoms with E-state index in [2.05, 4.69) is 10.6 Å². The molecule has 0 heterocycles. The summed E-state index contributed by atoms with van der Waals surface area (Å²) in [7, 11) is 1.26. The van der Waals surface area contributed by atoms with Crippen molar-refractivity contribution in [2.24, 2.45) is 0 Å². The van der Waals surface area contributed by atoms with Gasteiger partial charge in [0.15, 0.2) is 0 Å². The summed E-state index contributed by atoms with van der Waals surface area (Å²) in [5.41, 5.74) is 3.22. The van der Waals surface area contributed by atoms with Crippen LogP contribution in [0.25, 0.3) is 0 Å². The van der Waals surface area contributed by atoms with Gasteiger partial charge in [-0.3, -0.25) is 4.79 Å². The number of esters is 1. The van der Waals surface area contributed by atoms with Crippen molar-refractivity contribution in [1.29, 1.82) is 5.26 Å². The first kappa shape index (κ1) is 18.7. The molecule has 6 heteroatoms. The minimum Gasteiger partial charge on any atom is -0.465 e. The highest BCUT2D eigenvalue weighted by atomic mass is 16.5. The summed E-state index contributed by atoms with van der Waals surface area (Å²) in [5, 5.41) is 14.8. The van der Waals surface area contributed by atoms with Crippen LogP contribution in [-0.4, -0.2) is 19.0 Å². The van der Waals surface area contributed by atoms with Crippen molar-refractivity contribution < 1.29 is 14.3 Å². The normalized spacial score (nSPS) is 10.6. The first-order valence-corrected chi connectivity index (χ1v) is 7.89. The number of nitrogens with one attached hydrogen (secondary N) is 2. The van der Waals surface area contributed by atoms with Crippen molar-refractivity contribution in [3.63, 3.8) is 0 Å². The highest BCUT2D eigenvalue weighted by Gasteiger charge is 2.15. The predicted molar refractivity (Wildman–Crippen MR) is 99.6 cm³/mol. The number of aryl methyl sites for hydroxylation is 2. The van der Waals surface area contributed by atoms with E-state index < -0.39 is 11.9 Å². The number of anilines is 2. The van der Waals surface area contributed by atoms with E-state index in [1.807, 2.05) is 38.1 Å². The Hall–Kier alpha value is -3.59. The van der Waals surface area contributed by atoms with Crippen LogP contribution in [0, 0.1) is 25.2 Å². The van der Waals surface area contributed by atoms with Gasteiger partial charge in [0.2, 0.25) is 0 Å². The number of amides is 1. The minimum atomic E-state index is -0.623. The lowest BCUT2D eigenvalue weighted by Gasteiger charge is -2.10. The van der Waals surface area contributed by atoms with Gasteiger partial charge in [-0.15, -0.1) is 0 Å². The van der Waals surface area contributed by atoms with Gasteiger partial charge in [0.1, 0.15) is 11.6 Å². The van der Waals surface area contributed by atoms with Gasteiger partial charge in [0.25, 0.3) is 5.91 Å². The molecule has 0 radical (unpaired) electrons. The van der Waals surface area contributed by atoms with Gasteiger partial charge in [0, 0.05) is 11.9 Å². The van der Waals surface area contributed by atoms with Crippen LogP contribution in [0.1, 0.15) is 21.5 Å². The van der Waals surface area contributed by atoms with Crippen LogP contribution in [0.2, 0.25) is 0 Å². The number of methoxy groups -OCH3 is 1. The number of nitrogens with zero attached hydrogens (tertiary/aromatic N) is 1. The van der Waals surface area contributed by atoms with Crippen LogP contribution in [0.3, 0.4) is 0 Å². The Morgan fingerprint density at radius 1 is 1.12 bits per heavy atom. The van der Waals surface area contributed by atoms with Crippen LogP contribution in [0.5, 0.6) is 0 Å². The Morgan fingerprint density at radius 2 is 1.85 bits per heavy atom. The molecule has 0 fully saturated rings. The molecule has 2 aromatic rings. The van der Waals surface area contributed by atoms with Crippen molar-refractivity contribution in [1.82, 2.24) is 0 Å². The third-order valence-corrected chi connectivity index (χ3v) is 3.71. The van der Waals surface area contributed by atoms with Gasteiger partial charge >= 0.3 is 5.97 Å². The summed E-state index contributed by atoms with van der Waals surface area (Å²) in [6.45, 7) is 3.88. The zero-order valence-electron chi connectivity index (χ0n) is 14.8. The molecule has 2 N–H and O–H groups in total. The fourth-order valence-electron chi connectivity index (χ4n) is 2.26. The van der Waals surface area contributed by atoms with Crippen molar-refractivity contribution in [3.8, 4) is 6.07 Å². The number of nitriles is 1. The Kier molecular flexibility index (Phi) is 6.12. The van der Waals surface area contributed by atoms with Gasteiger partial charge in [-0.2, -0.15) is 5.26 Å². The number of carbonyl (C=O) groups is 2. The molecule has 0 bridgehead atoms. The SMILES string of the molecule is COC(=O)c1ccccc1NC(=O)/C(C#N)=C\Nc1cc(C)ccc1C. The average molecular weight is 349 g/mol. The quantitative estimate of drug-likeness (QED) is 0.489. The maximum Gasteiger partial charge on any atom is 0.339 e. The van der Waals surface area contributed by atoms with E-state index in [4.69, 9.17) is 4.74 Å².